The zero-order chi connectivity index (χ0) is 13.8. The lowest BCUT2D eigenvalue weighted by atomic mass is 10.2. The van der Waals surface area contributed by atoms with Crippen LogP contribution in [0, 0.1) is 0 Å². The maximum atomic E-state index is 12.3. The molecule has 2 rings (SSSR count). The van der Waals surface area contributed by atoms with E-state index in [0.29, 0.717) is 11.6 Å². The van der Waals surface area contributed by atoms with Gasteiger partial charge in [-0.05, 0) is 24.6 Å². The molecule has 19 heavy (non-hydrogen) atoms. The third kappa shape index (κ3) is 3.15. The first-order valence-electron chi connectivity index (χ1n) is 6.07. The normalized spacial score (nSPS) is 12.2. The number of benzene rings is 1. The summed E-state index contributed by atoms with van der Waals surface area (Å²) in [6, 6.07) is 9.02. The van der Waals surface area contributed by atoms with E-state index in [1.54, 1.807) is 35.1 Å². The van der Waals surface area contributed by atoms with Crippen molar-refractivity contribution in [1.82, 2.24) is 14.7 Å². The highest BCUT2D eigenvalue weighted by molar-refractivity contribution is 6.31. The summed E-state index contributed by atoms with van der Waals surface area (Å²) in [5.41, 5.74) is 0.938. The topological polar surface area (TPSA) is 38.1 Å². The lowest BCUT2D eigenvalue weighted by Gasteiger charge is -2.22. The van der Waals surface area contributed by atoms with E-state index in [1.807, 2.05) is 31.2 Å². The van der Waals surface area contributed by atoms with Gasteiger partial charge < -0.3 is 4.90 Å². The molecule has 0 aliphatic carbocycles. The molecule has 0 aliphatic heterocycles. The molecule has 1 aromatic heterocycles. The zero-order valence-electron chi connectivity index (χ0n) is 11.0. The van der Waals surface area contributed by atoms with Gasteiger partial charge >= 0.3 is 0 Å². The predicted octanol–water partition coefficient (Wildman–Crippen LogP) is 2.76. The van der Waals surface area contributed by atoms with Crippen molar-refractivity contribution in [3.05, 3.63) is 53.3 Å². The second-order valence-corrected chi connectivity index (χ2v) is 4.85. The molecule has 0 spiro atoms. The van der Waals surface area contributed by atoms with E-state index < -0.39 is 0 Å². The maximum Gasteiger partial charge on any atom is 0.247 e. The predicted molar refractivity (Wildman–Crippen MR) is 74.9 cm³/mol. The Bertz CT molecular complexity index is 554. The minimum atomic E-state index is -0.317. The van der Waals surface area contributed by atoms with Gasteiger partial charge in [0, 0.05) is 31.0 Å². The van der Waals surface area contributed by atoms with Crippen LogP contribution in [0.5, 0.6) is 0 Å². The average Bonchev–Trinajstić information content (AvgIpc) is 2.93. The molecule has 0 aliphatic rings. The average molecular weight is 278 g/mol. The Morgan fingerprint density at radius 3 is 2.79 bits per heavy atom. The summed E-state index contributed by atoms with van der Waals surface area (Å²) in [5, 5.41) is 4.76. The van der Waals surface area contributed by atoms with Crippen LogP contribution in [0.2, 0.25) is 5.02 Å². The fraction of sp³-hybridized carbons (Fsp3) is 0.286. The number of hydrogen-bond acceptors (Lipinski definition) is 2. The van der Waals surface area contributed by atoms with E-state index in [4.69, 9.17) is 11.6 Å². The van der Waals surface area contributed by atoms with Crippen molar-refractivity contribution in [3.8, 4) is 0 Å². The van der Waals surface area contributed by atoms with Crippen molar-refractivity contribution in [2.24, 2.45) is 0 Å². The van der Waals surface area contributed by atoms with Gasteiger partial charge in [-0.1, -0.05) is 29.8 Å². The Balaban J connectivity index is 2.06. The lowest BCUT2D eigenvalue weighted by molar-refractivity contribution is -0.133. The molecule has 0 radical (unpaired) electrons. The summed E-state index contributed by atoms with van der Waals surface area (Å²) in [7, 11) is 1.77. The molecule has 1 unspecified atom stereocenters. The number of carbonyl (C=O) groups is 1. The fourth-order valence-corrected chi connectivity index (χ4v) is 2.10. The van der Waals surface area contributed by atoms with E-state index in [9.17, 15) is 4.79 Å². The van der Waals surface area contributed by atoms with E-state index in [1.165, 1.54) is 0 Å². The number of rotatable bonds is 4. The number of carbonyl (C=O) groups excluding carboxylic acids is 1. The summed E-state index contributed by atoms with van der Waals surface area (Å²) in [5.74, 6) is 0.00335. The summed E-state index contributed by atoms with van der Waals surface area (Å²) < 4.78 is 1.64. The van der Waals surface area contributed by atoms with Crippen LogP contribution in [-0.4, -0.2) is 27.6 Å². The molecule has 1 amide bonds. The zero-order valence-corrected chi connectivity index (χ0v) is 11.7. The highest BCUT2D eigenvalue weighted by Crippen LogP contribution is 2.18. The van der Waals surface area contributed by atoms with Crippen LogP contribution in [0.25, 0.3) is 0 Å². The molecule has 1 aromatic carbocycles. The Morgan fingerprint density at radius 2 is 2.16 bits per heavy atom. The molecule has 0 N–H and O–H groups in total. The van der Waals surface area contributed by atoms with E-state index >= 15 is 0 Å². The van der Waals surface area contributed by atoms with Crippen LogP contribution in [0.3, 0.4) is 0 Å². The van der Waals surface area contributed by atoms with Gasteiger partial charge in [-0.3, -0.25) is 9.48 Å². The van der Waals surface area contributed by atoms with Crippen LogP contribution < -0.4 is 0 Å². The van der Waals surface area contributed by atoms with Crippen molar-refractivity contribution >= 4 is 17.5 Å². The molecular weight excluding hydrogens is 262 g/mol. The minimum absolute atomic E-state index is 0.00335. The monoisotopic (exact) mass is 277 g/mol. The van der Waals surface area contributed by atoms with Crippen molar-refractivity contribution < 1.29 is 4.79 Å². The van der Waals surface area contributed by atoms with Gasteiger partial charge in [-0.15, -0.1) is 0 Å². The highest BCUT2D eigenvalue weighted by atomic mass is 35.5. The van der Waals surface area contributed by atoms with Gasteiger partial charge in [-0.2, -0.15) is 5.10 Å². The fourth-order valence-electron chi connectivity index (χ4n) is 1.90. The van der Waals surface area contributed by atoms with E-state index in [2.05, 4.69) is 5.10 Å². The number of halogens is 1. The molecule has 0 saturated heterocycles. The second kappa shape index (κ2) is 5.89. The van der Waals surface area contributed by atoms with E-state index in [0.717, 1.165) is 5.56 Å². The van der Waals surface area contributed by atoms with Crippen LogP contribution in [-0.2, 0) is 11.3 Å². The molecule has 1 atom stereocenters. The van der Waals surface area contributed by atoms with Crippen molar-refractivity contribution in [3.63, 3.8) is 0 Å². The van der Waals surface area contributed by atoms with Gasteiger partial charge in [0.2, 0.25) is 5.91 Å². The molecule has 0 saturated carbocycles. The first kappa shape index (κ1) is 13.6. The molecule has 5 heteroatoms. The minimum Gasteiger partial charge on any atom is -0.340 e. The van der Waals surface area contributed by atoms with Gasteiger partial charge in [0.1, 0.15) is 6.04 Å². The summed E-state index contributed by atoms with van der Waals surface area (Å²) >= 11 is 6.10. The first-order valence-corrected chi connectivity index (χ1v) is 6.45. The molecule has 0 bridgehead atoms. The van der Waals surface area contributed by atoms with Gasteiger partial charge in [0.05, 0.1) is 0 Å². The number of nitrogens with zero attached hydrogens (tertiary/aromatic N) is 3. The number of likely N-dealkylation sites (N-methyl/N-ethyl adjacent to an activating group) is 1. The molecule has 1 heterocycles. The summed E-state index contributed by atoms with van der Waals surface area (Å²) in [6.45, 7) is 2.32. The van der Waals surface area contributed by atoms with Crippen molar-refractivity contribution in [2.45, 2.75) is 19.5 Å². The first-order chi connectivity index (χ1) is 9.09. The summed E-state index contributed by atoms with van der Waals surface area (Å²) in [6.07, 6.45) is 3.45. The Kier molecular flexibility index (Phi) is 4.22. The standard InChI is InChI=1S/C14H16ClN3O/c1-11(18-9-5-8-16-18)14(19)17(2)10-12-6-3-4-7-13(12)15/h3-9,11H,10H2,1-2H3. The molecule has 0 fully saturated rings. The van der Waals surface area contributed by atoms with Crippen LogP contribution in [0.1, 0.15) is 18.5 Å². The second-order valence-electron chi connectivity index (χ2n) is 4.45. The molecule has 4 nitrogen and oxygen atoms in total. The summed E-state index contributed by atoms with van der Waals surface area (Å²) in [4.78, 5) is 13.9. The quantitative estimate of drug-likeness (QED) is 0.862. The van der Waals surface area contributed by atoms with Gasteiger partial charge in [0.15, 0.2) is 0 Å². The largest absolute Gasteiger partial charge is 0.340 e. The Morgan fingerprint density at radius 1 is 1.42 bits per heavy atom. The lowest BCUT2D eigenvalue weighted by Crippen LogP contribution is -2.33. The van der Waals surface area contributed by atoms with Crippen molar-refractivity contribution in [2.75, 3.05) is 7.05 Å². The highest BCUT2D eigenvalue weighted by Gasteiger charge is 2.19. The third-order valence-corrected chi connectivity index (χ3v) is 3.39. The maximum absolute atomic E-state index is 12.3. The van der Waals surface area contributed by atoms with Crippen LogP contribution in [0.15, 0.2) is 42.7 Å². The smallest absolute Gasteiger partial charge is 0.247 e. The SMILES string of the molecule is CC(C(=O)N(C)Cc1ccccc1Cl)n1cccn1. The molecule has 2 aromatic rings. The van der Waals surface area contributed by atoms with Crippen LogP contribution in [0.4, 0.5) is 0 Å². The van der Waals surface area contributed by atoms with Gasteiger partial charge in [-0.25, -0.2) is 0 Å². The number of amides is 1. The Labute approximate surface area is 117 Å². The van der Waals surface area contributed by atoms with Gasteiger partial charge in [0.25, 0.3) is 0 Å². The van der Waals surface area contributed by atoms with Crippen LogP contribution >= 0.6 is 11.6 Å². The third-order valence-electron chi connectivity index (χ3n) is 3.02. The number of aromatic nitrogens is 2. The Hall–Kier alpha value is -1.81. The number of hydrogen-bond donors (Lipinski definition) is 0. The van der Waals surface area contributed by atoms with E-state index in [-0.39, 0.29) is 11.9 Å². The van der Waals surface area contributed by atoms with Crippen molar-refractivity contribution in [1.29, 1.82) is 0 Å². The molecular formula is C14H16ClN3O. The molecule has 100 valence electrons.